The number of amides is 1. The summed E-state index contributed by atoms with van der Waals surface area (Å²) in [5.41, 5.74) is 1.95. The molecule has 0 heterocycles. The van der Waals surface area contributed by atoms with E-state index in [0.717, 1.165) is 5.56 Å². The van der Waals surface area contributed by atoms with Crippen LogP contribution in [-0.2, 0) is 10.5 Å². The lowest BCUT2D eigenvalue weighted by Crippen LogP contribution is -2.15. The van der Waals surface area contributed by atoms with Crippen molar-refractivity contribution in [3.05, 3.63) is 68.7 Å². The first-order valence-electron chi connectivity index (χ1n) is 6.83. The van der Waals surface area contributed by atoms with Gasteiger partial charge in [-0.25, -0.2) is 0 Å². The van der Waals surface area contributed by atoms with Crippen LogP contribution < -0.4 is 5.32 Å². The SMILES string of the molecule is Cc1c(NC(=O)CSCc2cccc(Cl)c2)cccc1[N+](=O)[O-]. The summed E-state index contributed by atoms with van der Waals surface area (Å²) in [6.07, 6.45) is 0. The minimum atomic E-state index is -0.459. The van der Waals surface area contributed by atoms with Crippen LogP contribution in [0.2, 0.25) is 5.02 Å². The zero-order valence-electron chi connectivity index (χ0n) is 12.4. The molecule has 0 bridgehead atoms. The summed E-state index contributed by atoms with van der Waals surface area (Å²) in [4.78, 5) is 22.4. The fourth-order valence-corrected chi connectivity index (χ4v) is 3.02. The lowest BCUT2D eigenvalue weighted by atomic mass is 10.1. The minimum absolute atomic E-state index is 0.00520. The first-order valence-corrected chi connectivity index (χ1v) is 8.36. The molecule has 2 aromatic rings. The third-order valence-electron chi connectivity index (χ3n) is 3.17. The fraction of sp³-hybridized carbons (Fsp3) is 0.188. The topological polar surface area (TPSA) is 72.2 Å². The number of anilines is 1. The van der Waals surface area contributed by atoms with E-state index in [1.807, 2.05) is 18.2 Å². The molecule has 23 heavy (non-hydrogen) atoms. The molecule has 120 valence electrons. The first-order chi connectivity index (χ1) is 11.0. The molecule has 2 rings (SSSR count). The van der Waals surface area contributed by atoms with Gasteiger partial charge in [-0.1, -0.05) is 29.8 Å². The maximum Gasteiger partial charge on any atom is 0.274 e. The molecule has 0 aliphatic heterocycles. The van der Waals surface area contributed by atoms with Crippen LogP contribution in [0.15, 0.2) is 42.5 Å². The van der Waals surface area contributed by atoms with Gasteiger partial charge in [-0.15, -0.1) is 11.8 Å². The summed E-state index contributed by atoms with van der Waals surface area (Å²) in [6.45, 7) is 1.62. The van der Waals surface area contributed by atoms with Crippen LogP contribution in [0.3, 0.4) is 0 Å². The van der Waals surface area contributed by atoms with E-state index in [1.165, 1.54) is 17.8 Å². The molecule has 0 radical (unpaired) electrons. The van der Waals surface area contributed by atoms with E-state index in [-0.39, 0.29) is 17.3 Å². The van der Waals surface area contributed by atoms with Crippen LogP contribution in [0.1, 0.15) is 11.1 Å². The van der Waals surface area contributed by atoms with Gasteiger partial charge in [0, 0.05) is 16.8 Å². The molecule has 0 fully saturated rings. The molecule has 0 atom stereocenters. The summed E-state index contributed by atoms with van der Waals surface area (Å²) >= 11 is 7.36. The van der Waals surface area contributed by atoms with Crippen LogP contribution in [0.25, 0.3) is 0 Å². The largest absolute Gasteiger partial charge is 0.325 e. The Kier molecular flexibility index (Phi) is 6.01. The number of halogens is 1. The number of nitrogens with one attached hydrogen (secondary N) is 1. The van der Waals surface area contributed by atoms with Gasteiger partial charge in [-0.2, -0.15) is 0 Å². The number of nitrogens with zero attached hydrogens (tertiary/aromatic N) is 1. The molecule has 0 saturated carbocycles. The summed E-state index contributed by atoms with van der Waals surface area (Å²) in [7, 11) is 0. The summed E-state index contributed by atoms with van der Waals surface area (Å²) in [5.74, 6) is 0.733. The highest BCUT2D eigenvalue weighted by Crippen LogP contribution is 2.25. The summed E-state index contributed by atoms with van der Waals surface area (Å²) < 4.78 is 0. The molecule has 1 N–H and O–H groups in total. The number of hydrogen-bond acceptors (Lipinski definition) is 4. The predicted molar refractivity (Wildman–Crippen MR) is 94.1 cm³/mol. The smallest absolute Gasteiger partial charge is 0.274 e. The monoisotopic (exact) mass is 350 g/mol. The Bertz CT molecular complexity index is 737. The van der Waals surface area contributed by atoms with Gasteiger partial charge in [-0.3, -0.25) is 14.9 Å². The van der Waals surface area contributed by atoms with Crippen LogP contribution in [0.5, 0.6) is 0 Å². The highest BCUT2D eigenvalue weighted by molar-refractivity contribution is 7.99. The number of hydrogen-bond donors (Lipinski definition) is 1. The van der Waals surface area contributed by atoms with Crippen molar-refractivity contribution in [2.24, 2.45) is 0 Å². The molecular formula is C16H15ClN2O3S. The lowest BCUT2D eigenvalue weighted by Gasteiger charge is -2.08. The van der Waals surface area contributed by atoms with Crippen molar-refractivity contribution < 1.29 is 9.72 Å². The molecule has 0 spiro atoms. The lowest BCUT2D eigenvalue weighted by molar-refractivity contribution is -0.385. The Morgan fingerprint density at radius 1 is 1.30 bits per heavy atom. The van der Waals surface area contributed by atoms with Gasteiger partial charge in [0.05, 0.1) is 21.9 Å². The van der Waals surface area contributed by atoms with E-state index >= 15 is 0 Å². The Morgan fingerprint density at radius 2 is 2.04 bits per heavy atom. The molecule has 0 aromatic heterocycles. The maximum atomic E-state index is 12.0. The molecule has 5 nitrogen and oxygen atoms in total. The highest BCUT2D eigenvalue weighted by atomic mass is 35.5. The molecule has 0 unspecified atom stereocenters. The molecule has 2 aromatic carbocycles. The molecular weight excluding hydrogens is 336 g/mol. The average Bonchev–Trinajstić information content (AvgIpc) is 2.49. The summed E-state index contributed by atoms with van der Waals surface area (Å²) in [6, 6.07) is 12.1. The van der Waals surface area contributed by atoms with E-state index < -0.39 is 4.92 Å². The quantitative estimate of drug-likeness (QED) is 0.618. The van der Waals surface area contributed by atoms with Crippen molar-refractivity contribution in [2.75, 3.05) is 11.1 Å². The van der Waals surface area contributed by atoms with E-state index in [4.69, 9.17) is 11.6 Å². The molecule has 0 aliphatic carbocycles. The number of thioether (sulfide) groups is 1. The zero-order valence-corrected chi connectivity index (χ0v) is 14.0. The van der Waals surface area contributed by atoms with Crippen LogP contribution in [-0.4, -0.2) is 16.6 Å². The Balaban J connectivity index is 1.90. The Morgan fingerprint density at radius 3 is 2.74 bits per heavy atom. The normalized spacial score (nSPS) is 10.3. The second-order valence-corrected chi connectivity index (χ2v) is 6.30. The van der Waals surface area contributed by atoms with Crippen molar-refractivity contribution in [3.63, 3.8) is 0 Å². The van der Waals surface area contributed by atoms with Gasteiger partial charge in [0.2, 0.25) is 5.91 Å². The Labute approximate surface area is 143 Å². The zero-order chi connectivity index (χ0) is 16.8. The van der Waals surface area contributed by atoms with Crippen molar-refractivity contribution in [1.82, 2.24) is 0 Å². The predicted octanol–water partition coefficient (Wildman–Crippen LogP) is 4.43. The van der Waals surface area contributed by atoms with E-state index in [1.54, 1.807) is 25.1 Å². The highest BCUT2D eigenvalue weighted by Gasteiger charge is 2.14. The molecule has 7 heteroatoms. The van der Waals surface area contributed by atoms with Crippen molar-refractivity contribution in [2.45, 2.75) is 12.7 Å². The fourth-order valence-electron chi connectivity index (χ4n) is 2.03. The van der Waals surface area contributed by atoms with Gasteiger partial charge in [0.1, 0.15) is 0 Å². The van der Waals surface area contributed by atoms with Crippen LogP contribution in [0, 0.1) is 17.0 Å². The van der Waals surface area contributed by atoms with E-state index in [9.17, 15) is 14.9 Å². The maximum absolute atomic E-state index is 12.0. The van der Waals surface area contributed by atoms with Crippen LogP contribution >= 0.6 is 23.4 Å². The number of nitro groups is 1. The average molecular weight is 351 g/mol. The second-order valence-electron chi connectivity index (χ2n) is 4.88. The number of nitro benzene ring substituents is 1. The van der Waals surface area contributed by atoms with Crippen molar-refractivity contribution in [1.29, 1.82) is 0 Å². The number of carbonyl (C=O) groups excluding carboxylic acids is 1. The molecule has 0 aliphatic rings. The van der Waals surface area contributed by atoms with E-state index in [2.05, 4.69) is 5.32 Å². The number of carbonyl (C=O) groups is 1. The second kappa shape index (κ2) is 7.99. The minimum Gasteiger partial charge on any atom is -0.325 e. The van der Waals surface area contributed by atoms with Gasteiger partial charge < -0.3 is 5.32 Å². The van der Waals surface area contributed by atoms with Gasteiger partial charge in [0.25, 0.3) is 5.69 Å². The van der Waals surface area contributed by atoms with Crippen molar-refractivity contribution >= 4 is 40.6 Å². The number of rotatable bonds is 6. The van der Waals surface area contributed by atoms with Gasteiger partial charge in [-0.05, 0) is 30.7 Å². The standard InChI is InChI=1S/C16H15ClN2O3S/c1-11-14(6-3-7-15(11)19(21)22)18-16(20)10-23-9-12-4-2-5-13(17)8-12/h2-8H,9-10H2,1H3,(H,18,20). The van der Waals surface area contributed by atoms with Gasteiger partial charge in [0.15, 0.2) is 0 Å². The van der Waals surface area contributed by atoms with E-state index in [0.29, 0.717) is 22.0 Å². The Hall–Kier alpha value is -2.05. The molecule has 1 amide bonds. The van der Waals surface area contributed by atoms with Gasteiger partial charge >= 0.3 is 0 Å². The number of benzene rings is 2. The summed E-state index contributed by atoms with van der Waals surface area (Å²) in [5, 5.41) is 14.3. The third-order valence-corrected chi connectivity index (χ3v) is 4.41. The van der Waals surface area contributed by atoms with Crippen LogP contribution in [0.4, 0.5) is 11.4 Å². The van der Waals surface area contributed by atoms with Crippen molar-refractivity contribution in [3.8, 4) is 0 Å². The third kappa shape index (κ3) is 4.97. The molecule has 0 saturated heterocycles. The first kappa shape index (κ1) is 17.3.